The summed E-state index contributed by atoms with van der Waals surface area (Å²) in [4.78, 5) is 2.07. The Morgan fingerprint density at radius 1 is 1.39 bits per heavy atom. The van der Waals surface area contributed by atoms with E-state index in [2.05, 4.69) is 23.8 Å². The number of likely N-dealkylation sites (N-methyl/N-ethyl adjacent to an activating group) is 1. The zero-order valence-electron chi connectivity index (χ0n) is 12.2. The van der Waals surface area contributed by atoms with E-state index in [1.807, 2.05) is 11.7 Å². The summed E-state index contributed by atoms with van der Waals surface area (Å²) in [6, 6.07) is 0. The van der Waals surface area contributed by atoms with Gasteiger partial charge in [-0.05, 0) is 27.2 Å². The van der Waals surface area contributed by atoms with E-state index in [1.54, 1.807) is 13.8 Å². The van der Waals surface area contributed by atoms with E-state index in [1.165, 1.54) is 0 Å². The fourth-order valence-corrected chi connectivity index (χ4v) is 2.19. The summed E-state index contributed by atoms with van der Waals surface area (Å²) in [5.74, 6) is 0.906. The molecule has 0 saturated carbocycles. The van der Waals surface area contributed by atoms with Gasteiger partial charge < -0.3 is 15.7 Å². The second-order valence-electron chi connectivity index (χ2n) is 5.38. The summed E-state index contributed by atoms with van der Waals surface area (Å²) < 4.78 is 1.82. The van der Waals surface area contributed by atoms with Gasteiger partial charge in [0.1, 0.15) is 0 Å². The molecule has 3 N–H and O–H groups in total. The molecule has 5 nitrogen and oxygen atoms in total. The predicted molar refractivity (Wildman–Crippen MR) is 75.8 cm³/mol. The molecule has 0 bridgehead atoms. The number of nitrogens with two attached hydrogens (primary N) is 1. The maximum Gasteiger partial charge on any atom is 0.150 e. The van der Waals surface area contributed by atoms with Crippen molar-refractivity contribution in [2.75, 3.05) is 23.7 Å². The molecule has 5 heteroatoms. The molecule has 1 rings (SSSR count). The SMILES string of the molecule is CCCc1nn(C)c(N(CC)CC(C)(C)O)c1N. The molecule has 0 aliphatic rings. The van der Waals surface area contributed by atoms with Crippen molar-refractivity contribution >= 4 is 11.5 Å². The molecular weight excluding hydrogens is 228 g/mol. The van der Waals surface area contributed by atoms with Gasteiger partial charge in [-0.25, -0.2) is 0 Å². The minimum Gasteiger partial charge on any atom is -0.394 e. The average molecular weight is 254 g/mol. The van der Waals surface area contributed by atoms with Gasteiger partial charge in [-0.2, -0.15) is 5.10 Å². The topological polar surface area (TPSA) is 67.3 Å². The summed E-state index contributed by atoms with van der Waals surface area (Å²) in [5.41, 5.74) is 7.12. The maximum absolute atomic E-state index is 9.96. The van der Waals surface area contributed by atoms with Crippen LogP contribution in [0.3, 0.4) is 0 Å². The van der Waals surface area contributed by atoms with E-state index in [9.17, 15) is 5.11 Å². The quantitative estimate of drug-likeness (QED) is 0.808. The largest absolute Gasteiger partial charge is 0.394 e. The van der Waals surface area contributed by atoms with E-state index < -0.39 is 5.60 Å². The first-order chi connectivity index (χ1) is 8.30. The van der Waals surface area contributed by atoms with Crippen LogP contribution >= 0.6 is 0 Å². The summed E-state index contributed by atoms with van der Waals surface area (Å²) in [6.07, 6.45) is 1.91. The van der Waals surface area contributed by atoms with Gasteiger partial charge in [0.2, 0.25) is 0 Å². The molecule has 0 unspecified atom stereocenters. The van der Waals surface area contributed by atoms with Gasteiger partial charge in [-0.1, -0.05) is 13.3 Å². The third-order valence-electron chi connectivity index (χ3n) is 2.87. The van der Waals surface area contributed by atoms with Crippen molar-refractivity contribution in [1.82, 2.24) is 9.78 Å². The van der Waals surface area contributed by atoms with Crippen LogP contribution in [0.1, 0.15) is 39.8 Å². The molecule has 0 atom stereocenters. The number of hydrogen-bond donors (Lipinski definition) is 2. The van der Waals surface area contributed by atoms with E-state index in [0.717, 1.165) is 36.6 Å². The zero-order valence-corrected chi connectivity index (χ0v) is 12.2. The van der Waals surface area contributed by atoms with Gasteiger partial charge in [0.05, 0.1) is 17.0 Å². The molecule has 1 aromatic heterocycles. The van der Waals surface area contributed by atoms with E-state index in [4.69, 9.17) is 5.73 Å². The van der Waals surface area contributed by atoms with Gasteiger partial charge in [-0.3, -0.25) is 4.68 Å². The summed E-state index contributed by atoms with van der Waals surface area (Å²) in [7, 11) is 1.90. The van der Waals surface area contributed by atoms with Crippen LogP contribution in [0.15, 0.2) is 0 Å². The highest BCUT2D eigenvalue weighted by atomic mass is 16.3. The number of anilines is 2. The lowest BCUT2D eigenvalue weighted by molar-refractivity contribution is 0.0873. The first-order valence-corrected chi connectivity index (χ1v) is 6.58. The molecule has 0 aromatic carbocycles. The smallest absolute Gasteiger partial charge is 0.150 e. The Labute approximate surface area is 110 Å². The van der Waals surface area contributed by atoms with Crippen LogP contribution in [0, 0.1) is 0 Å². The highest BCUT2D eigenvalue weighted by Crippen LogP contribution is 2.28. The number of nitrogen functional groups attached to an aromatic ring is 1. The van der Waals surface area contributed by atoms with Gasteiger partial charge in [0.25, 0.3) is 0 Å². The standard InChI is InChI=1S/C13H26N4O/c1-6-8-10-11(14)12(16(5)15-10)17(7-2)9-13(3,4)18/h18H,6-9,14H2,1-5H3. The lowest BCUT2D eigenvalue weighted by Crippen LogP contribution is -2.39. The number of aryl methyl sites for hydroxylation is 2. The summed E-state index contributed by atoms with van der Waals surface area (Å²) >= 11 is 0. The lowest BCUT2D eigenvalue weighted by Gasteiger charge is -2.29. The van der Waals surface area contributed by atoms with Crippen molar-refractivity contribution in [3.8, 4) is 0 Å². The number of nitrogens with zero attached hydrogens (tertiary/aromatic N) is 3. The van der Waals surface area contributed by atoms with Crippen molar-refractivity contribution in [3.05, 3.63) is 5.69 Å². The Morgan fingerprint density at radius 2 is 2.00 bits per heavy atom. The van der Waals surface area contributed by atoms with Crippen LogP contribution in [0.5, 0.6) is 0 Å². The normalized spacial score (nSPS) is 11.9. The fourth-order valence-electron chi connectivity index (χ4n) is 2.19. The van der Waals surface area contributed by atoms with E-state index in [-0.39, 0.29) is 0 Å². The molecule has 18 heavy (non-hydrogen) atoms. The zero-order chi connectivity index (χ0) is 13.9. The van der Waals surface area contributed by atoms with Crippen LogP contribution in [-0.4, -0.2) is 33.6 Å². The molecular formula is C13H26N4O. The van der Waals surface area contributed by atoms with Crippen molar-refractivity contribution in [2.24, 2.45) is 7.05 Å². The van der Waals surface area contributed by atoms with E-state index in [0.29, 0.717) is 6.54 Å². The first kappa shape index (κ1) is 14.8. The molecule has 0 fully saturated rings. The molecule has 0 radical (unpaired) electrons. The van der Waals surface area contributed by atoms with Gasteiger partial charge >= 0.3 is 0 Å². The Hall–Kier alpha value is -1.23. The molecule has 1 heterocycles. The monoisotopic (exact) mass is 254 g/mol. The second kappa shape index (κ2) is 5.61. The minimum absolute atomic E-state index is 0.540. The second-order valence-corrected chi connectivity index (χ2v) is 5.38. The Bertz CT molecular complexity index is 392. The van der Waals surface area contributed by atoms with Gasteiger partial charge in [0.15, 0.2) is 5.82 Å². The first-order valence-electron chi connectivity index (χ1n) is 6.58. The van der Waals surface area contributed by atoms with E-state index >= 15 is 0 Å². The third-order valence-corrected chi connectivity index (χ3v) is 2.87. The molecule has 0 aliphatic carbocycles. The average Bonchev–Trinajstić information content (AvgIpc) is 2.51. The molecule has 0 saturated heterocycles. The van der Waals surface area contributed by atoms with Crippen molar-refractivity contribution in [2.45, 2.75) is 46.1 Å². The molecule has 0 amide bonds. The lowest BCUT2D eigenvalue weighted by atomic mass is 10.1. The number of aromatic nitrogens is 2. The number of hydrogen-bond acceptors (Lipinski definition) is 4. The fraction of sp³-hybridized carbons (Fsp3) is 0.769. The van der Waals surface area contributed by atoms with Crippen LogP contribution in [0.2, 0.25) is 0 Å². The third kappa shape index (κ3) is 3.38. The van der Waals surface area contributed by atoms with Crippen LogP contribution < -0.4 is 10.6 Å². The van der Waals surface area contributed by atoms with Crippen LogP contribution in [0.25, 0.3) is 0 Å². The highest BCUT2D eigenvalue weighted by Gasteiger charge is 2.23. The molecule has 1 aromatic rings. The van der Waals surface area contributed by atoms with Gasteiger partial charge in [0, 0.05) is 20.1 Å². The Kier molecular flexibility index (Phi) is 4.62. The molecule has 0 spiro atoms. The number of rotatable bonds is 6. The van der Waals surface area contributed by atoms with Crippen molar-refractivity contribution in [3.63, 3.8) is 0 Å². The highest BCUT2D eigenvalue weighted by molar-refractivity contribution is 5.66. The Balaban J connectivity index is 3.06. The Morgan fingerprint density at radius 3 is 2.44 bits per heavy atom. The predicted octanol–water partition coefficient (Wildman–Crippen LogP) is 1.55. The van der Waals surface area contributed by atoms with Crippen molar-refractivity contribution in [1.29, 1.82) is 0 Å². The molecule has 0 aliphatic heterocycles. The van der Waals surface area contributed by atoms with Crippen LogP contribution in [0.4, 0.5) is 11.5 Å². The summed E-state index contributed by atoms with van der Waals surface area (Å²) in [5, 5.41) is 14.4. The minimum atomic E-state index is -0.752. The maximum atomic E-state index is 9.96. The van der Waals surface area contributed by atoms with Gasteiger partial charge in [-0.15, -0.1) is 0 Å². The number of aliphatic hydroxyl groups is 1. The molecule has 104 valence electrons. The summed E-state index contributed by atoms with van der Waals surface area (Å²) in [6.45, 7) is 9.10. The van der Waals surface area contributed by atoms with Crippen molar-refractivity contribution < 1.29 is 5.11 Å². The van der Waals surface area contributed by atoms with Crippen LogP contribution in [-0.2, 0) is 13.5 Å².